The van der Waals surface area contributed by atoms with E-state index < -0.39 is 24.1 Å². The SMILES string of the molecule is Cc1cccc(-c2c(F)cccc2C(O)C2CN(C(=O)O)CCO2)c1. The maximum absolute atomic E-state index is 14.5. The molecule has 1 aliphatic heterocycles. The highest BCUT2D eigenvalue weighted by Gasteiger charge is 2.32. The Labute approximate surface area is 145 Å². The summed E-state index contributed by atoms with van der Waals surface area (Å²) in [4.78, 5) is 12.4. The smallest absolute Gasteiger partial charge is 0.407 e. The number of rotatable bonds is 3. The van der Waals surface area contributed by atoms with Gasteiger partial charge < -0.3 is 19.8 Å². The van der Waals surface area contributed by atoms with Crippen LogP contribution in [0.4, 0.5) is 9.18 Å². The van der Waals surface area contributed by atoms with Gasteiger partial charge in [-0.15, -0.1) is 0 Å². The summed E-state index contributed by atoms with van der Waals surface area (Å²) < 4.78 is 20.1. The van der Waals surface area contributed by atoms with E-state index in [4.69, 9.17) is 9.84 Å². The van der Waals surface area contributed by atoms with Crippen LogP contribution in [0.2, 0.25) is 0 Å². The number of carboxylic acid groups (broad SMARTS) is 1. The first-order valence-corrected chi connectivity index (χ1v) is 8.10. The van der Waals surface area contributed by atoms with Crippen LogP contribution in [-0.4, -0.2) is 47.0 Å². The monoisotopic (exact) mass is 345 g/mol. The fourth-order valence-corrected chi connectivity index (χ4v) is 3.13. The van der Waals surface area contributed by atoms with Gasteiger partial charge in [0.1, 0.15) is 18.0 Å². The first kappa shape index (κ1) is 17.4. The van der Waals surface area contributed by atoms with Crippen LogP contribution in [-0.2, 0) is 4.74 Å². The molecular formula is C19H20FNO4. The van der Waals surface area contributed by atoms with Crippen molar-refractivity contribution in [1.82, 2.24) is 4.90 Å². The van der Waals surface area contributed by atoms with Gasteiger partial charge >= 0.3 is 6.09 Å². The molecule has 2 unspecified atom stereocenters. The van der Waals surface area contributed by atoms with Crippen molar-refractivity contribution in [3.63, 3.8) is 0 Å². The number of hydrogen-bond acceptors (Lipinski definition) is 3. The number of morpholine rings is 1. The Bertz CT molecular complexity index is 780. The lowest BCUT2D eigenvalue weighted by molar-refractivity contribution is -0.0834. The average Bonchev–Trinajstić information content (AvgIpc) is 2.61. The Morgan fingerprint density at radius 3 is 2.80 bits per heavy atom. The Morgan fingerprint density at radius 1 is 1.32 bits per heavy atom. The number of nitrogens with zero attached hydrogens (tertiary/aromatic N) is 1. The number of aliphatic hydroxyl groups is 1. The molecule has 2 aromatic rings. The van der Waals surface area contributed by atoms with Gasteiger partial charge in [-0.3, -0.25) is 0 Å². The molecular weight excluding hydrogens is 325 g/mol. The number of aliphatic hydroxyl groups excluding tert-OH is 1. The molecule has 6 heteroatoms. The highest BCUT2D eigenvalue weighted by Crippen LogP contribution is 2.34. The molecule has 1 aliphatic rings. The van der Waals surface area contributed by atoms with Crippen molar-refractivity contribution in [2.45, 2.75) is 19.1 Å². The number of amides is 1. The summed E-state index contributed by atoms with van der Waals surface area (Å²) in [7, 11) is 0. The van der Waals surface area contributed by atoms with Crippen molar-refractivity contribution in [3.8, 4) is 11.1 Å². The second-order valence-corrected chi connectivity index (χ2v) is 6.16. The minimum absolute atomic E-state index is 0.0419. The Balaban J connectivity index is 1.97. The summed E-state index contributed by atoms with van der Waals surface area (Å²) in [6, 6.07) is 11.9. The van der Waals surface area contributed by atoms with E-state index in [2.05, 4.69) is 0 Å². The maximum Gasteiger partial charge on any atom is 0.407 e. The van der Waals surface area contributed by atoms with Gasteiger partial charge in [-0.25, -0.2) is 9.18 Å². The summed E-state index contributed by atoms with van der Waals surface area (Å²) >= 11 is 0. The van der Waals surface area contributed by atoms with Crippen molar-refractivity contribution in [2.24, 2.45) is 0 Å². The molecule has 1 saturated heterocycles. The molecule has 25 heavy (non-hydrogen) atoms. The fourth-order valence-electron chi connectivity index (χ4n) is 3.13. The van der Waals surface area contributed by atoms with Crippen LogP contribution in [0.25, 0.3) is 11.1 Å². The molecule has 2 atom stereocenters. The van der Waals surface area contributed by atoms with Gasteiger partial charge in [0.2, 0.25) is 0 Å². The van der Waals surface area contributed by atoms with E-state index in [0.29, 0.717) is 16.7 Å². The molecule has 0 aliphatic carbocycles. The van der Waals surface area contributed by atoms with Crippen LogP contribution in [0.5, 0.6) is 0 Å². The summed E-state index contributed by atoms with van der Waals surface area (Å²) in [5.41, 5.74) is 2.35. The van der Waals surface area contributed by atoms with Gasteiger partial charge in [0.25, 0.3) is 0 Å². The zero-order valence-corrected chi connectivity index (χ0v) is 13.9. The minimum atomic E-state index is -1.13. The molecule has 0 saturated carbocycles. The number of aryl methyl sites for hydroxylation is 1. The Kier molecular flexibility index (Phi) is 5.01. The standard InChI is InChI=1S/C19H20FNO4/c1-12-4-2-5-13(10-12)17-14(6-3-7-15(17)20)18(22)16-11-21(19(23)24)8-9-25-16/h2-7,10,16,18,22H,8-9,11H2,1H3,(H,23,24). The molecule has 1 fully saturated rings. The van der Waals surface area contributed by atoms with Gasteiger partial charge in [0.05, 0.1) is 13.2 Å². The van der Waals surface area contributed by atoms with E-state index in [9.17, 15) is 14.3 Å². The number of benzene rings is 2. The zero-order chi connectivity index (χ0) is 18.0. The third-order valence-electron chi connectivity index (χ3n) is 4.39. The molecule has 0 radical (unpaired) electrons. The van der Waals surface area contributed by atoms with E-state index in [1.54, 1.807) is 12.1 Å². The number of hydrogen-bond donors (Lipinski definition) is 2. The summed E-state index contributed by atoms with van der Waals surface area (Å²) in [5, 5.41) is 19.9. The fraction of sp³-hybridized carbons (Fsp3) is 0.316. The third-order valence-corrected chi connectivity index (χ3v) is 4.39. The van der Waals surface area contributed by atoms with E-state index >= 15 is 0 Å². The Hall–Kier alpha value is -2.44. The molecule has 0 aromatic heterocycles. The van der Waals surface area contributed by atoms with Crippen LogP contribution >= 0.6 is 0 Å². The largest absolute Gasteiger partial charge is 0.465 e. The van der Waals surface area contributed by atoms with Crippen molar-refractivity contribution in [3.05, 3.63) is 59.4 Å². The van der Waals surface area contributed by atoms with Gasteiger partial charge in [0.15, 0.2) is 0 Å². The summed E-state index contributed by atoms with van der Waals surface area (Å²) in [6.07, 6.45) is -2.93. The maximum atomic E-state index is 14.5. The molecule has 2 aromatic carbocycles. The zero-order valence-electron chi connectivity index (χ0n) is 13.9. The summed E-state index contributed by atoms with van der Waals surface area (Å²) in [5.74, 6) is -0.437. The van der Waals surface area contributed by atoms with Crippen molar-refractivity contribution >= 4 is 6.09 Å². The van der Waals surface area contributed by atoms with Crippen LogP contribution in [0.3, 0.4) is 0 Å². The lowest BCUT2D eigenvalue weighted by Gasteiger charge is -2.34. The van der Waals surface area contributed by atoms with Gasteiger partial charge in [-0.05, 0) is 24.1 Å². The second-order valence-electron chi connectivity index (χ2n) is 6.16. The quantitative estimate of drug-likeness (QED) is 0.896. The van der Waals surface area contributed by atoms with Crippen LogP contribution in [0.15, 0.2) is 42.5 Å². The molecule has 0 bridgehead atoms. The van der Waals surface area contributed by atoms with Crippen molar-refractivity contribution < 1.29 is 24.1 Å². The highest BCUT2D eigenvalue weighted by atomic mass is 19.1. The lowest BCUT2D eigenvalue weighted by Crippen LogP contribution is -2.47. The Morgan fingerprint density at radius 2 is 2.08 bits per heavy atom. The van der Waals surface area contributed by atoms with Crippen LogP contribution < -0.4 is 0 Å². The molecule has 5 nitrogen and oxygen atoms in total. The third kappa shape index (κ3) is 3.65. The normalized spacial score (nSPS) is 18.8. The first-order valence-electron chi connectivity index (χ1n) is 8.10. The van der Waals surface area contributed by atoms with E-state index in [-0.39, 0.29) is 19.7 Å². The molecule has 1 heterocycles. The molecule has 132 valence electrons. The van der Waals surface area contributed by atoms with E-state index in [1.807, 2.05) is 25.1 Å². The molecule has 0 spiro atoms. The van der Waals surface area contributed by atoms with Gasteiger partial charge in [0, 0.05) is 12.1 Å². The highest BCUT2D eigenvalue weighted by molar-refractivity contribution is 5.69. The minimum Gasteiger partial charge on any atom is -0.465 e. The number of ether oxygens (including phenoxy) is 1. The van der Waals surface area contributed by atoms with Crippen LogP contribution in [0, 0.1) is 12.7 Å². The van der Waals surface area contributed by atoms with E-state index in [0.717, 1.165) is 5.56 Å². The summed E-state index contributed by atoms with van der Waals surface area (Å²) in [6.45, 7) is 2.41. The lowest BCUT2D eigenvalue weighted by atomic mass is 9.92. The van der Waals surface area contributed by atoms with Gasteiger partial charge in [-0.1, -0.05) is 42.0 Å². The predicted molar refractivity (Wildman–Crippen MR) is 90.9 cm³/mol. The number of halogens is 1. The van der Waals surface area contributed by atoms with Gasteiger partial charge in [-0.2, -0.15) is 0 Å². The molecule has 2 N–H and O–H groups in total. The van der Waals surface area contributed by atoms with Crippen LogP contribution in [0.1, 0.15) is 17.2 Å². The van der Waals surface area contributed by atoms with Crippen molar-refractivity contribution in [1.29, 1.82) is 0 Å². The molecule has 3 rings (SSSR count). The first-order chi connectivity index (χ1) is 12.0. The van der Waals surface area contributed by atoms with E-state index in [1.165, 1.54) is 17.0 Å². The molecule has 1 amide bonds. The van der Waals surface area contributed by atoms with Crippen molar-refractivity contribution in [2.75, 3.05) is 19.7 Å². The number of carbonyl (C=O) groups is 1. The predicted octanol–water partition coefficient (Wildman–Crippen LogP) is 3.21. The second kappa shape index (κ2) is 7.21. The topological polar surface area (TPSA) is 70.0 Å². The average molecular weight is 345 g/mol.